The molecule has 1 aromatic rings. The maximum Gasteiger partial charge on any atom is 0.408 e. The average molecular weight is 389 g/mol. The van der Waals surface area contributed by atoms with Gasteiger partial charge in [-0.1, -0.05) is 6.92 Å². The molecule has 0 saturated heterocycles. The Balaban J connectivity index is 2.35. The molecule has 2 atom stereocenters. The zero-order chi connectivity index (χ0) is 20.2. The van der Waals surface area contributed by atoms with Crippen LogP contribution in [0.25, 0.3) is 5.57 Å². The molecular formula is C17H26F3N5O2. The molecule has 0 bridgehead atoms. The van der Waals surface area contributed by atoms with Crippen molar-refractivity contribution in [2.24, 2.45) is 0 Å². The highest BCUT2D eigenvalue weighted by Crippen LogP contribution is 2.28. The van der Waals surface area contributed by atoms with Gasteiger partial charge < -0.3 is 20.8 Å². The summed E-state index contributed by atoms with van der Waals surface area (Å²) in [5, 5.41) is 24.8. The summed E-state index contributed by atoms with van der Waals surface area (Å²) >= 11 is 0. The van der Waals surface area contributed by atoms with E-state index in [2.05, 4.69) is 25.6 Å². The second-order valence-corrected chi connectivity index (χ2v) is 7.27. The van der Waals surface area contributed by atoms with Crippen LogP contribution in [0.3, 0.4) is 0 Å². The minimum atomic E-state index is -4.44. The Morgan fingerprint density at radius 1 is 1.22 bits per heavy atom. The lowest BCUT2D eigenvalue weighted by atomic mass is 9.97. The maximum atomic E-state index is 13.1. The molecule has 1 aromatic heterocycles. The van der Waals surface area contributed by atoms with Crippen LogP contribution in [0.5, 0.6) is 0 Å². The third-order valence-electron chi connectivity index (χ3n) is 4.05. The molecule has 0 fully saturated rings. The first-order valence-corrected chi connectivity index (χ1v) is 8.92. The number of rotatable bonds is 7. The summed E-state index contributed by atoms with van der Waals surface area (Å²) in [6, 6.07) is -1.79. The molecule has 1 aliphatic rings. The minimum absolute atomic E-state index is 0.0580. The Bertz CT molecular complexity index is 674. The summed E-state index contributed by atoms with van der Waals surface area (Å²) in [5.74, 6) is 0.0625. The van der Waals surface area contributed by atoms with E-state index in [9.17, 15) is 23.4 Å². The van der Waals surface area contributed by atoms with Crippen molar-refractivity contribution in [1.29, 1.82) is 0 Å². The molecule has 1 aliphatic carbocycles. The van der Waals surface area contributed by atoms with Gasteiger partial charge in [0, 0.05) is 6.54 Å². The summed E-state index contributed by atoms with van der Waals surface area (Å²) in [4.78, 5) is 12.4. The van der Waals surface area contributed by atoms with Gasteiger partial charge in [-0.2, -0.15) is 28.1 Å². The van der Waals surface area contributed by atoms with Crippen LogP contribution >= 0.6 is 0 Å². The average Bonchev–Trinajstić information content (AvgIpc) is 2.56. The third-order valence-corrected chi connectivity index (χ3v) is 4.05. The standard InChI is InChI=1S/C17H26F3N5O2/c1-4-12(17(18,19)20)22-15-24-13(10-6-5-7-11(26)8-10)23-14(25-15)21-9-16(2,3)27/h8,11-12,26-27H,4-7,9H2,1-3H3,(H2,21,22,23,24,25)/t11?,12-/m1/s1. The van der Waals surface area contributed by atoms with E-state index in [0.717, 1.165) is 6.42 Å². The van der Waals surface area contributed by atoms with Crippen molar-refractivity contribution in [3.05, 3.63) is 11.9 Å². The molecule has 0 aromatic carbocycles. The van der Waals surface area contributed by atoms with Gasteiger partial charge in [-0.3, -0.25) is 0 Å². The number of alkyl halides is 3. The Morgan fingerprint density at radius 2 is 1.89 bits per heavy atom. The van der Waals surface area contributed by atoms with Crippen LogP contribution in [0.15, 0.2) is 6.08 Å². The quantitative estimate of drug-likeness (QED) is 0.569. The van der Waals surface area contributed by atoms with E-state index in [4.69, 9.17) is 0 Å². The first-order chi connectivity index (χ1) is 12.5. The van der Waals surface area contributed by atoms with Gasteiger partial charge in [0.05, 0.1) is 11.7 Å². The highest BCUT2D eigenvalue weighted by molar-refractivity contribution is 5.63. The number of nitrogens with one attached hydrogen (secondary N) is 2. The number of nitrogens with zero attached hydrogens (tertiary/aromatic N) is 3. The topological polar surface area (TPSA) is 103 Å². The van der Waals surface area contributed by atoms with Crippen molar-refractivity contribution in [1.82, 2.24) is 15.0 Å². The van der Waals surface area contributed by atoms with Gasteiger partial charge in [-0.15, -0.1) is 0 Å². The van der Waals surface area contributed by atoms with Gasteiger partial charge in [0.2, 0.25) is 11.9 Å². The number of hydrogen-bond donors (Lipinski definition) is 4. The van der Waals surface area contributed by atoms with Gasteiger partial charge in [-0.05, 0) is 51.2 Å². The normalized spacial score (nSPS) is 19.4. The fourth-order valence-corrected chi connectivity index (χ4v) is 2.62. The van der Waals surface area contributed by atoms with Crippen molar-refractivity contribution >= 4 is 17.5 Å². The molecular weight excluding hydrogens is 363 g/mol. The zero-order valence-corrected chi connectivity index (χ0v) is 15.6. The van der Waals surface area contributed by atoms with Crippen LogP contribution in [0.4, 0.5) is 25.1 Å². The molecule has 27 heavy (non-hydrogen) atoms. The largest absolute Gasteiger partial charge is 0.408 e. The molecule has 0 aliphatic heterocycles. The molecule has 152 valence electrons. The van der Waals surface area contributed by atoms with E-state index < -0.39 is 23.9 Å². The summed E-state index contributed by atoms with van der Waals surface area (Å²) in [7, 11) is 0. The Hall–Kier alpha value is -1.94. The molecule has 2 rings (SSSR count). The lowest BCUT2D eigenvalue weighted by molar-refractivity contribution is -0.143. The van der Waals surface area contributed by atoms with Crippen molar-refractivity contribution in [3.63, 3.8) is 0 Å². The van der Waals surface area contributed by atoms with Gasteiger partial charge in [0.15, 0.2) is 5.82 Å². The maximum absolute atomic E-state index is 13.1. The van der Waals surface area contributed by atoms with Crippen molar-refractivity contribution in [3.8, 4) is 0 Å². The monoisotopic (exact) mass is 389 g/mol. The van der Waals surface area contributed by atoms with Crippen molar-refractivity contribution in [2.45, 2.75) is 70.4 Å². The first kappa shape index (κ1) is 21.4. The molecule has 0 spiro atoms. The summed E-state index contributed by atoms with van der Waals surface area (Å²) in [6.07, 6.45) is -1.68. The van der Waals surface area contributed by atoms with Crippen LogP contribution in [0.1, 0.15) is 52.3 Å². The van der Waals surface area contributed by atoms with Gasteiger partial charge >= 0.3 is 6.18 Å². The van der Waals surface area contributed by atoms with Crippen LogP contribution in [-0.4, -0.2) is 55.6 Å². The molecule has 10 heteroatoms. The smallest absolute Gasteiger partial charge is 0.389 e. The Kier molecular flexibility index (Phi) is 6.63. The van der Waals surface area contributed by atoms with E-state index in [1.807, 2.05) is 0 Å². The number of aliphatic hydroxyl groups excluding tert-OH is 1. The second kappa shape index (κ2) is 8.39. The minimum Gasteiger partial charge on any atom is -0.389 e. The van der Waals surface area contributed by atoms with E-state index in [0.29, 0.717) is 18.4 Å². The lowest BCUT2D eigenvalue weighted by Crippen LogP contribution is -2.36. The summed E-state index contributed by atoms with van der Waals surface area (Å²) < 4.78 is 39.3. The summed E-state index contributed by atoms with van der Waals surface area (Å²) in [6.45, 7) is 4.69. The Labute approximate surface area is 156 Å². The van der Waals surface area contributed by atoms with Gasteiger partial charge in [-0.25, -0.2) is 0 Å². The second-order valence-electron chi connectivity index (χ2n) is 7.27. The third kappa shape index (κ3) is 6.62. The van der Waals surface area contributed by atoms with E-state index in [1.54, 1.807) is 19.9 Å². The predicted molar refractivity (Wildman–Crippen MR) is 96.2 cm³/mol. The van der Waals surface area contributed by atoms with Gasteiger partial charge in [0.1, 0.15) is 6.04 Å². The fourth-order valence-electron chi connectivity index (χ4n) is 2.62. The molecule has 1 unspecified atom stereocenters. The number of aromatic nitrogens is 3. The highest BCUT2D eigenvalue weighted by Gasteiger charge is 2.39. The van der Waals surface area contributed by atoms with Crippen LogP contribution in [-0.2, 0) is 0 Å². The zero-order valence-electron chi connectivity index (χ0n) is 15.6. The SMILES string of the molecule is CC[C@@H](Nc1nc(NCC(C)(C)O)nc(C2=CC(O)CCC2)n1)C(F)(F)F. The van der Waals surface area contributed by atoms with Crippen LogP contribution < -0.4 is 10.6 Å². The first-order valence-electron chi connectivity index (χ1n) is 8.92. The highest BCUT2D eigenvalue weighted by atomic mass is 19.4. The van der Waals surface area contributed by atoms with Crippen molar-refractivity contribution < 1.29 is 23.4 Å². The number of halogens is 3. The molecule has 4 N–H and O–H groups in total. The van der Waals surface area contributed by atoms with Crippen molar-refractivity contribution in [2.75, 3.05) is 17.2 Å². The van der Waals surface area contributed by atoms with E-state index in [1.165, 1.54) is 6.92 Å². The van der Waals surface area contributed by atoms with Crippen LogP contribution in [0, 0.1) is 0 Å². The molecule has 0 radical (unpaired) electrons. The van der Waals surface area contributed by atoms with Gasteiger partial charge in [0.25, 0.3) is 0 Å². The fraction of sp³-hybridized carbons (Fsp3) is 0.706. The molecule has 1 heterocycles. The lowest BCUT2D eigenvalue weighted by Gasteiger charge is -2.22. The molecule has 0 amide bonds. The number of allylic oxidation sites excluding steroid dienone is 1. The number of hydrogen-bond acceptors (Lipinski definition) is 7. The number of anilines is 2. The predicted octanol–water partition coefficient (Wildman–Crippen LogP) is 2.74. The number of aliphatic hydroxyl groups is 2. The molecule has 0 saturated carbocycles. The Morgan fingerprint density at radius 3 is 2.44 bits per heavy atom. The molecule has 7 nitrogen and oxygen atoms in total. The van der Waals surface area contributed by atoms with E-state index in [-0.39, 0.29) is 30.7 Å². The van der Waals surface area contributed by atoms with E-state index >= 15 is 0 Å². The summed E-state index contributed by atoms with van der Waals surface area (Å²) in [5.41, 5.74) is -0.399. The van der Waals surface area contributed by atoms with Crippen LogP contribution in [0.2, 0.25) is 0 Å².